The molecule has 2 rings (SSSR count). The van der Waals surface area contributed by atoms with Crippen LogP contribution in [0.2, 0.25) is 0 Å². The van der Waals surface area contributed by atoms with Crippen LogP contribution in [0.5, 0.6) is 0 Å². The maximum Gasteiger partial charge on any atom is 0.193 e. The molecule has 0 saturated carbocycles. The third kappa shape index (κ3) is 18.5. The molecule has 0 aliphatic carbocycles. The highest BCUT2D eigenvalue weighted by Gasteiger charge is 2.27. The Hall–Kier alpha value is -2.62. The Labute approximate surface area is 329 Å². The normalized spacial score (nSPS) is 16.3. The number of hydrogen-bond donors (Lipinski definition) is 3. The minimum absolute atomic E-state index is 0.0197. The second-order valence-corrected chi connectivity index (χ2v) is 15.8. The van der Waals surface area contributed by atoms with Crippen LogP contribution < -0.4 is 5.32 Å². The highest BCUT2D eigenvalue weighted by atomic mass is 16.6. The molecule has 3 N–H and O–H groups in total. The van der Waals surface area contributed by atoms with E-state index < -0.39 is 11.2 Å². The molecular formula is C43H69NO11. The van der Waals surface area contributed by atoms with E-state index >= 15 is 0 Å². The molecule has 12 heteroatoms. The molecule has 0 aliphatic rings. The number of benzene rings is 2. The molecule has 0 radical (unpaired) electrons. The van der Waals surface area contributed by atoms with Crippen LogP contribution in [0.1, 0.15) is 114 Å². The fourth-order valence-electron chi connectivity index (χ4n) is 5.41. The Morgan fingerprint density at radius 3 is 1.05 bits per heavy atom. The summed E-state index contributed by atoms with van der Waals surface area (Å²) in [5.74, 6) is -0.735. The number of carbonyl (C=O) groups excluding carboxylic acids is 2. The molecule has 0 saturated heterocycles. The van der Waals surface area contributed by atoms with Crippen molar-refractivity contribution < 1.29 is 53.0 Å². The monoisotopic (exact) mass is 775 g/mol. The summed E-state index contributed by atoms with van der Waals surface area (Å²) in [4.78, 5) is 25.3. The van der Waals surface area contributed by atoms with Crippen LogP contribution in [0.15, 0.2) is 48.5 Å². The van der Waals surface area contributed by atoms with Gasteiger partial charge in [0.2, 0.25) is 0 Å². The van der Waals surface area contributed by atoms with Crippen molar-refractivity contribution in [2.24, 2.45) is 0 Å². The predicted octanol–water partition coefficient (Wildman–Crippen LogP) is 5.74. The fraction of sp³-hybridized carbons (Fsp3) is 0.674. The number of Topliss-reactive ketones (excluding diaryl/α,β-unsaturated/α-hetero) is 2. The van der Waals surface area contributed by atoms with Gasteiger partial charge in [-0.2, -0.15) is 0 Å². The Balaban J connectivity index is 1.85. The van der Waals surface area contributed by atoms with Gasteiger partial charge in [0.05, 0.1) is 88.9 Å². The molecule has 7 unspecified atom stereocenters. The third-order valence-corrected chi connectivity index (χ3v) is 8.68. The number of ether oxygens (including phenoxy) is 7. The number of rotatable bonds is 28. The largest absolute Gasteiger partial charge is 0.382 e. The van der Waals surface area contributed by atoms with E-state index in [1.54, 1.807) is 31.4 Å². The molecule has 0 spiro atoms. The summed E-state index contributed by atoms with van der Waals surface area (Å²) in [6.45, 7) is 22.8. The minimum atomic E-state index is -1.49. The Bertz CT molecular complexity index is 1320. The van der Waals surface area contributed by atoms with Crippen molar-refractivity contribution in [2.45, 2.75) is 136 Å². The van der Waals surface area contributed by atoms with Gasteiger partial charge in [0.15, 0.2) is 11.6 Å². The summed E-state index contributed by atoms with van der Waals surface area (Å²) < 4.78 is 40.7. The van der Waals surface area contributed by atoms with Crippen molar-refractivity contribution in [2.75, 3.05) is 53.4 Å². The van der Waals surface area contributed by atoms with Crippen LogP contribution in [0.4, 0.5) is 0 Å². The quantitative estimate of drug-likeness (QED) is 0.0905. The van der Waals surface area contributed by atoms with Crippen LogP contribution in [0.3, 0.4) is 0 Å². The van der Waals surface area contributed by atoms with Crippen molar-refractivity contribution in [1.82, 2.24) is 5.32 Å². The van der Waals surface area contributed by atoms with Gasteiger partial charge in [-0.1, -0.05) is 48.5 Å². The lowest BCUT2D eigenvalue weighted by Crippen LogP contribution is -2.36. The van der Waals surface area contributed by atoms with Gasteiger partial charge in [-0.15, -0.1) is 0 Å². The van der Waals surface area contributed by atoms with E-state index in [2.05, 4.69) is 5.32 Å². The molecule has 0 aliphatic heterocycles. The maximum absolute atomic E-state index is 12.7. The highest BCUT2D eigenvalue weighted by molar-refractivity contribution is 6.02. The van der Waals surface area contributed by atoms with Gasteiger partial charge >= 0.3 is 0 Å². The number of ketones is 2. The Morgan fingerprint density at radius 2 is 0.782 bits per heavy atom. The average molecular weight is 776 g/mol. The minimum Gasteiger partial charge on any atom is -0.382 e. The molecule has 0 heterocycles. The molecule has 0 bridgehead atoms. The summed E-state index contributed by atoms with van der Waals surface area (Å²) in [6, 6.07) is 13.8. The lowest BCUT2D eigenvalue weighted by Gasteiger charge is -2.26. The predicted molar refractivity (Wildman–Crippen MR) is 213 cm³/mol. The molecule has 2 aromatic rings. The van der Waals surface area contributed by atoms with Gasteiger partial charge in [-0.05, 0) is 87.3 Å². The highest BCUT2D eigenvalue weighted by Crippen LogP contribution is 2.26. The standard InChI is InChI=1S/C43H69NO11/c1-28(21-50-30(3)23-52-32(5)25-54-34(7)27-55-33(6)26-53-31(4)24-51-29(2)22-49-12)44-39(35-13-17-37(18-14-35)40(45)42(8,9)47)36-15-19-38(20-16-36)41(46)43(10,11)48/h13-20,28-34,39,44,47-48H,21-27H2,1-12H3. The first kappa shape index (κ1) is 48.5. The molecular weight excluding hydrogens is 706 g/mol. The Kier molecular flexibility index (Phi) is 20.8. The first-order chi connectivity index (χ1) is 25.7. The maximum atomic E-state index is 12.7. The van der Waals surface area contributed by atoms with Gasteiger partial charge in [-0.25, -0.2) is 0 Å². The second-order valence-electron chi connectivity index (χ2n) is 15.8. The molecule has 312 valence electrons. The van der Waals surface area contributed by atoms with Gasteiger partial charge in [-0.3, -0.25) is 9.59 Å². The van der Waals surface area contributed by atoms with E-state index in [4.69, 9.17) is 33.2 Å². The lowest BCUT2D eigenvalue weighted by atomic mass is 9.91. The number of aliphatic hydroxyl groups is 2. The fourth-order valence-corrected chi connectivity index (χ4v) is 5.41. The molecule has 7 atom stereocenters. The van der Waals surface area contributed by atoms with Crippen molar-refractivity contribution in [3.63, 3.8) is 0 Å². The number of carbonyl (C=O) groups is 2. The van der Waals surface area contributed by atoms with Crippen molar-refractivity contribution in [3.8, 4) is 0 Å². The van der Waals surface area contributed by atoms with Crippen molar-refractivity contribution in [3.05, 3.63) is 70.8 Å². The molecule has 0 amide bonds. The molecule has 12 nitrogen and oxygen atoms in total. The average Bonchev–Trinajstić information content (AvgIpc) is 3.13. The topological polar surface area (TPSA) is 151 Å². The van der Waals surface area contributed by atoms with E-state index in [0.29, 0.717) is 57.4 Å². The van der Waals surface area contributed by atoms with Crippen molar-refractivity contribution in [1.29, 1.82) is 0 Å². The van der Waals surface area contributed by atoms with Crippen LogP contribution in [-0.2, 0) is 33.2 Å². The summed E-state index contributed by atoms with van der Waals surface area (Å²) in [7, 11) is 1.65. The van der Waals surface area contributed by atoms with Gasteiger partial charge < -0.3 is 48.7 Å². The van der Waals surface area contributed by atoms with Gasteiger partial charge in [0, 0.05) is 24.3 Å². The van der Waals surface area contributed by atoms with Crippen LogP contribution in [0.25, 0.3) is 0 Å². The third-order valence-electron chi connectivity index (χ3n) is 8.68. The first-order valence-corrected chi connectivity index (χ1v) is 19.4. The number of hydrogen-bond acceptors (Lipinski definition) is 12. The number of nitrogens with one attached hydrogen (secondary N) is 1. The van der Waals surface area contributed by atoms with E-state index in [1.807, 2.05) is 72.7 Å². The summed E-state index contributed by atoms with van der Waals surface area (Å²) in [5, 5.41) is 24.0. The molecule has 2 aromatic carbocycles. The smallest absolute Gasteiger partial charge is 0.193 e. The second kappa shape index (κ2) is 23.6. The molecule has 55 heavy (non-hydrogen) atoms. The summed E-state index contributed by atoms with van der Waals surface area (Å²) >= 11 is 0. The van der Waals surface area contributed by atoms with E-state index in [1.165, 1.54) is 27.7 Å². The Morgan fingerprint density at radius 1 is 0.509 bits per heavy atom. The zero-order valence-electron chi connectivity index (χ0n) is 35.3. The van der Waals surface area contributed by atoms with Gasteiger partial charge in [0.1, 0.15) is 11.2 Å². The SMILES string of the molecule is COCC(C)OCC(C)OCC(C)OCC(C)OCC(C)OCC(C)OCC(C)NC(c1ccc(C(=O)C(C)(C)O)cc1)c1ccc(C(=O)C(C)(C)O)cc1. The molecule has 0 fully saturated rings. The summed E-state index contributed by atoms with van der Waals surface area (Å²) in [6.07, 6.45) is -0.558. The van der Waals surface area contributed by atoms with Crippen LogP contribution in [-0.4, -0.2) is 129 Å². The first-order valence-electron chi connectivity index (χ1n) is 19.4. The zero-order chi connectivity index (χ0) is 41.3. The lowest BCUT2D eigenvalue weighted by molar-refractivity contribution is -0.104. The van der Waals surface area contributed by atoms with Crippen molar-refractivity contribution >= 4 is 11.6 Å². The zero-order valence-corrected chi connectivity index (χ0v) is 35.3. The summed E-state index contributed by atoms with van der Waals surface area (Å²) in [5.41, 5.74) is -0.383. The van der Waals surface area contributed by atoms with Crippen LogP contribution in [0, 0.1) is 0 Å². The van der Waals surface area contributed by atoms with E-state index in [9.17, 15) is 19.8 Å². The van der Waals surface area contributed by atoms with Crippen LogP contribution >= 0.6 is 0 Å². The molecule has 0 aromatic heterocycles. The number of methoxy groups -OCH3 is 1. The van der Waals surface area contributed by atoms with E-state index in [0.717, 1.165) is 11.1 Å². The van der Waals surface area contributed by atoms with Gasteiger partial charge in [0.25, 0.3) is 0 Å². The van der Waals surface area contributed by atoms with E-state index in [-0.39, 0.29) is 60.3 Å².